The van der Waals surface area contributed by atoms with Crippen molar-refractivity contribution in [2.45, 2.75) is 12.7 Å². The van der Waals surface area contributed by atoms with Crippen LogP contribution in [0.5, 0.6) is 0 Å². The number of para-hydroxylation sites is 2. The van der Waals surface area contributed by atoms with Crippen LogP contribution in [0.25, 0.3) is 0 Å². The highest BCUT2D eigenvalue weighted by molar-refractivity contribution is 7.92. The Labute approximate surface area is 156 Å². The van der Waals surface area contributed by atoms with Gasteiger partial charge in [0.05, 0.1) is 23.7 Å². The van der Waals surface area contributed by atoms with Crippen LogP contribution in [0.15, 0.2) is 48.5 Å². The van der Waals surface area contributed by atoms with E-state index in [9.17, 15) is 8.42 Å². The van der Waals surface area contributed by atoms with E-state index in [0.717, 1.165) is 35.6 Å². The zero-order chi connectivity index (χ0) is 18.7. The van der Waals surface area contributed by atoms with Crippen LogP contribution in [0.4, 0.5) is 11.4 Å². The molecule has 26 heavy (non-hydrogen) atoms. The molecule has 1 aliphatic rings. The number of aryl methyl sites for hydroxylation is 1. The second-order valence-corrected chi connectivity index (χ2v) is 8.99. The van der Waals surface area contributed by atoms with Crippen molar-refractivity contribution in [1.82, 2.24) is 4.90 Å². The van der Waals surface area contributed by atoms with Gasteiger partial charge in [-0.05, 0) is 38.7 Å². The maximum Gasteiger partial charge on any atom is 0.239 e. The minimum atomic E-state index is -3.42. The zero-order valence-corrected chi connectivity index (χ0v) is 16.5. The summed E-state index contributed by atoms with van der Waals surface area (Å²) in [5.41, 5.74) is 3.73. The van der Waals surface area contributed by atoms with Gasteiger partial charge in [-0.3, -0.25) is 4.31 Å². The molecule has 1 aliphatic heterocycles. The van der Waals surface area contributed by atoms with Gasteiger partial charge in [-0.15, -0.1) is 0 Å². The number of likely N-dealkylation sites (N-methyl/N-ethyl adjacent to an activating group) is 1. The molecule has 0 saturated heterocycles. The molecule has 0 bridgehead atoms. The van der Waals surface area contributed by atoms with Crippen molar-refractivity contribution in [1.29, 1.82) is 0 Å². The molecule has 0 fully saturated rings. The van der Waals surface area contributed by atoms with Gasteiger partial charge in [0.25, 0.3) is 0 Å². The molecular weight excluding hydrogens is 346 g/mol. The largest absolute Gasteiger partial charge is 0.367 e. The molecule has 3 rings (SSSR count). The zero-order valence-electron chi connectivity index (χ0n) is 15.7. The van der Waals surface area contributed by atoms with E-state index < -0.39 is 10.0 Å². The molecule has 0 aliphatic carbocycles. The van der Waals surface area contributed by atoms with Crippen LogP contribution in [0.1, 0.15) is 11.1 Å². The van der Waals surface area contributed by atoms with E-state index in [2.05, 4.69) is 9.80 Å². The Morgan fingerprint density at radius 3 is 2.27 bits per heavy atom. The fourth-order valence-electron chi connectivity index (χ4n) is 3.21. The highest BCUT2D eigenvalue weighted by Crippen LogP contribution is 2.35. The molecule has 0 spiro atoms. The van der Waals surface area contributed by atoms with Gasteiger partial charge in [-0.2, -0.15) is 0 Å². The highest BCUT2D eigenvalue weighted by Gasteiger charge is 2.30. The van der Waals surface area contributed by atoms with E-state index in [-0.39, 0.29) is 5.75 Å². The number of hydrogen-bond acceptors (Lipinski definition) is 4. The van der Waals surface area contributed by atoms with Gasteiger partial charge in [0, 0.05) is 19.6 Å². The van der Waals surface area contributed by atoms with Crippen LogP contribution in [-0.4, -0.2) is 53.6 Å². The number of benzene rings is 2. The molecule has 0 saturated carbocycles. The third-order valence-corrected chi connectivity index (χ3v) is 6.44. The van der Waals surface area contributed by atoms with Gasteiger partial charge in [0.15, 0.2) is 0 Å². The second kappa shape index (κ2) is 7.68. The maximum atomic E-state index is 13.1. The van der Waals surface area contributed by atoms with Crippen LogP contribution in [-0.2, 0) is 15.8 Å². The molecule has 0 N–H and O–H groups in total. The number of rotatable bonds is 6. The van der Waals surface area contributed by atoms with Crippen molar-refractivity contribution in [2.75, 3.05) is 49.5 Å². The first-order valence-electron chi connectivity index (χ1n) is 8.91. The summed E-state index contributed by atoms with van der Waals surface area (Å²) in [5, 5.41) is 0. The molecule has 0 amide bonds. The van der Waals surface area contributed by atoms with Gasteiger partial charge in [0.1, 0.15) is 0 Å². The Bertz CT molecular complexity index is 848. The third kappa shape index (κ3) is 4.19. The number of nitrogens with zero attached hydrogens (tertiary/aromatic N) is 3. The van der Waals surface area contributed by atoms with E-state index in [0.29, 0.717) is 13.1 Å². The average Bonchev–Trinajstić information content (AvgIpc) is 2.61. The van der Waals surface area contributed by atoms with Gasteiger partial charge < -0.3 is 9.80 Å². The monoisotopic (exact) mass is 373 g/mol. The molecule has 0 unspecified atom stereocenters. The van der Waals surface area contributed by atoms with Crippen molar-refractivity contribution in [3.63, 3.8) is 0 Å². The molecule has 2 aromatic rings. The smallest absolute Gasteiger partial charge is 0.239 e. The number of fused-ring (bicyclic) bond motifs is 1. The average molecular weight is 374 g/mol. The van der Waals surface area contributed by atoms with Crippen LogP contribution in [0.2, 0.25) is 0 Å². The Hall–Kier alpha value is -2.05. The highest BCUT2D eigenvalue weighted by atomic mass is 32.2. The second-order valence-electron chi connectivity index (χ2n) is 7.09. The minimum Gasteiger partial charge on any atom is -0.367 e. The molecule has 0 radical (unpaired) electrons. The molecule has 0 atom stereocenters. The number of anilines is 2. The first-order chi connectivity index (χ1) is 12.4. The summed E-state index contributed by atoms with van der Waals surface area (Å²) < 4.78 is 27.7. The van der Waals surface area contributed by atoms with Crippen LogP contribution < -0.4 is 9.21 Å². The van der Waals surface area contributed by atoms with Crippen LogP contribution >= 0.6 is 0 Å². The van der Waals surface area contributed by atoms with Crippen molar-refractivity contribution < 1.29 is 8.42 Å². The summed E-state index contributed by atoms with van der Waals surface area (Å²) in [5.74, 6) is 0.0271. The fraction of sp³-hybridized carbons (Fsp3) is 0.400. The molecule has 6 heteroatoms. The van der Waals surface area contributed by atoms with E-state index in [1.54, 1.807) is 4.31 Å². The quantitative estimate of drug-likeness (QED) is 0.781. The van der Waals surface area contributed by atoms with Crippen molar-refractivity contribution >= 4 is 21.4 Å². The SMILES string of the molecule is Cc1ccc(CS(=O)(=O)N2CCN(CCN(C)C)c3ccccc32)cc1. The maximum absolute atomic E-state index is 13.1. The molecule has 5 nitrogen and oxygen atoms in total. The van der Waals surface area contributed by atoms with Crippen LogP contribution in [0.3, 0.4) is 0 Å². The van der Waals surface area contributed by atoms with Gasteiger partial charge in [0.2, 0.25) is 10.0 Å². The van der Waals surface area contributed by atoms with Crippen molar-refractivity contribution in [2.24, 2.45) is 0 Å². The summed E-state index contributed by atoms with van der Waals surface area (Å²) >= 11 is 0. The molecule has 1 heterocycles. The minimum absolute atomic E-state index is 0.0271. The predicted octanol–water partition coefficient (Wildman–Crippen LogP) is 2.71. The first-order valence-corrected chi connectivity index (χ1v) is 10.5. The van der Waals surface area contributed by atoms with Crippen LogP contribution in [0, 0.1) is 6.92 Å². The molecule has 140 valence electrons. The third-order valence-electron chi connectivity index (χ3n) is 4.69. The Morgan fingerprint density at radius 2 is 1.62 bits per heavy atom. The van der Waals surface area contributed by atoms with E-state index in [1.807, 2.05) is 69.6 Å². The standard InChI is InChI=1S/C20H27N3O2S/c1-17-8-10-18(11-9-17)16-26(24,25)23-15-14-22(13-12-21(2)3)19-6-4-5-7-20(19)23/h4-11H,12-16H2,1-3H3. The Balaban J connectivity index is 1.85. The first kappa shape index (κ1) is 18.7. The lowest BCUT2D eigenvalue weighted by atomic mass is 10.2. The fourth-order valence-corrected chi connectivity index (χ4v) is 4.79. The van der Waals surface area contributed by atoms with E-state index in [4.69, 9.17) is 0 Å². The van der Waals surface area contributed by atoms with E-state index in [1.165, 1.54) is 0 Å². The summed E-state index contributed by atoms with van der Waals surface area (Å²) in [6.45, 7) is 5.01. The summed E-state index contributed by atoms with van der Waals surface area (Å²) in [7, 11) is 0.678. The Morgan fingerprint density at radius 1 is 0.962 bits per heavy atom. The molecular formula is C20H27N3O2S. The van der Waals surface area contributed by atoms with Crippen molar-refractivity contribution in [3.05, 3.63) is 59.7 Å². The predicted molar refractivity (Wildman–Crippen MR) is 108 cm³/mol. The topological polar surface area (TPSA) is 43.9 Å². The number of hydrogen-bond donors (Lipinski definition) is 0. The normalized spacial score (nSPS) is 14.6. The summed E-state index contributed by atoms with van der Waals surface area (Å²) in [6, 6.07) is 15.5. The molecule has 2 aromatic carbocycles. The lowest BCUT2D eigenvalue weighted by Crippen LogP contribution is -2.46. The summed E-state index contributed by atoms with van der Waals surface area (Å²) in [6.07, 6.45) is 0. The lowest BCUT2D eigenvalue weighted by molar-refractivity contribution is 0.413. The van der Waals surface area contributed by atoms with Gasteiger partial charge in [-0.1, -0.05) is 42.0 Å². The summed E-state index contributed by atoms with van der Waals surface area (Å²) in [4.78, 5) is 4.41. The van der Waals surface area contributed by atoms with Crippen molar-refractivity contribution in [3.8, 4) is 0 Å². The van der Waals surface area contributed by atoms with Gasteiger partial charge >= 0.3 is 0 Å². The number of sulfonamides is 1. The van der Waals surface area contributed by atoms with E-state index >= 15 is 0 Å². The van der Waals surface area contributed by atoms with Gasteiger partial charge in [-0.25, -0.2) is 8.42 Å². The lowest BCUT2D eigenvalue weighted by Gasteiger charge is -2.38. The molecule has 0 aromatic heterocycles. The Kier molecular flexibility index (Phi) is 5.53.